The largest absolute Gasteiger partial charge is 0.493 e. The number of aryl methyl sites for hydroxylation is 1. The zero-order chi connectivity index (χ0) is 43.5. The number of aliphatic hydroxyl groups excluding tert-OH is 1. The van der Waals surface area contributed by atoms with E-state index >= 15 is 0 Å². The van der Waals surface area contributed by atoms with Gasteiger partial charge in [0.25, 0.3) is 0 Å². The molecule has 0 bridgehead atoms. The first-order chi connectivity index (χ1) is 29.8. The number of hydrogen-bond acceptors (Lipinski definition) is 13. The minimum absolute atomic E-state index is 0.0353. The summed E-state index contributed by atoms with van der Waals surface area (Å²) in [6, 6.07) is 24.6. The summed E-state index contributed by atoms with van der Waals surface area (Å²) in [5.74, 6) is 1.59. The highest BCUT2D eigenvalue weighted by atomic mass is 16.7. The molecule has 0 amide bonds. The SMILES string of the molecule is C=CC(=O)OCCCCCCOc1ccc(OCOc2ccc(/C=N/N=C/c3ccc(OC(=O)c4ccc(OCCCCCCOC(=O)C=C)c(CO)c4)cc3)cc2)cc1C. The van der Waals surface area contributed by atoms with Crippen LogP contribution in [-0.4, -0.2) is 68.7 Å². The molecule has 13 heteroatoms. The van der Waals surface area contributed by atoms with E-state index in [9.17, 15) is 19.5 Å². The van der Waals surface area contributed by atoms with Crippen LogP contribution >= 0.6 is 0 Å². The second kappa shape index (κ2) is 27.1. The van der Waals surface area contributed by atoms with Crippen LogP contribution in [0.3, 0.4) is 0 Å². The lowest BCUT2D eigenvalue weighted by molar-refractivity contribution is -0.138. The van der Waals surface area contributed by atoms with Crippen molar-refractivity contribution in [3.63, 3.8) is 0 Å². The predicted octanol–water partition coefficient (Wildman–Crippen LogP) is 8.91. The molecule has 0 heterocycles. The van der Waals surface area contributed by atoms with Gasteiger partial charge in [0.2, 0.25) is 6.79 Å². The lowest BCUT2D eigenvalue weighted by atomic mass is 10.1. The topological polar surface area (TPSA) is 161 Å². The molecule has 0 fully saturated rings. The normalized spacial score (nSPS) is 10.9. The van der Waals surface area contributed by atoms with Gasteiger partial charge in [0.1, 0.15) is 28.7 Å². The third-order valence-corrected chi connectivity index (χ3v) is 8.93. The van der Waals surface area contributed by atoms with Crippen molar-refractivity contribution in [1.82, 2.24) is 0 Å². The quantitative estimate of drug-likeness (QED) is 0.0111. The predicted molar refractivity (Wildman–Crippen MR) is 233 cm³/mol. The first-order valence-electron chi connectivity index (χ1n) is 20.2. The monoisotopic (exact) mass is 834 g/mol. The zero-order valence-corrected chi connectivity index (χ0v) is 34.6. The highest BCUT2D eigenvalue weighted by Crippen LogP contribution is 2.25. The summed E-state index contributed by atoms with van der Waals surface area (Å²) in [4.78, 5) is 35.0. The molecule has 4 rings (SSSR count). The summed E-state index contributed by atoms with van der Waals surface area (Å²) >= 11 is 0. The van der Waals surface area contributed by atoms with E-state index in [1.54, 1.807) is 54.9 Å². The number of unbranched alkanes of at least 4 members (excludes halogenated alkanes) is 6. The Kier molecular flexibility index (Phi) is 20.9. The van der Waals surface area contributed by atoms with Crippen LogP contribution in [0.25, 0.3) is 0 Å². The van der Waals surface area contributed by atoms with Crippen LogP contribution in [-0.2, 0) is 25.7 Å². The maximum Gasteiger partial charge on any atom is 0.343 e. The Morgan fingerprint density at radius 2 is 1.07 bits per heavy atom. The number of aliphatic hydroxyl groups is 1. The fourth-order valence-corrected chi connectivity index (χ4v) is 5.59. The molecule has 0 atom stereocenters. The van der Waals surface area contributed by atoms with Crippen molar-refractivity contribution in [1.29, 1.82) is 0 Å². The lowest BCUT2D eigenvalue weighted by Gasteiger charge is -2.12. The molecule has 0 aliphatic carbocycles. The van der Waals surface area contributed by atoms with Crippen LogP contribution in [0.2, 0.25) is 0 Å². The van der Waals surface area contributed by atoms with Crippen molar-refractivity contribution >= 4 is 30.3 Å². The van der Waals surface area contributed by atoms with Crippen molar-refractivity contribution in [3.8, 4) is 28.7 Å². The molecule has 4 aromatic rings. The fourth-order valence-electron chi connectivity index (χ4n) is 5.59. The standard InChI is InChI=1S/C48H54N2O11/c1-4-46(52)57-28-12-8-6-10-26-55-44-25-23-43(30-36(44)3)60-35-59-41-19-14-37(15-20-41)32-49-50-33-38-16-21-42(22-17-38)61-48(54)39-18-24-45(40(31-39)34-51)56-27-11-7-9-13-29-58-47(53)5-2/h4-5,14-25,30-33,51H,1-2,6-13,26-29,34-35H2,3H3/b49-32+,50-33+. The van der Waals surface area contributed by atoms with Gasteiger partial charge in [0.05, 0.1) is 51.0 Å². The molecule has 4 aromatic carbocycles. The van der Waals surface area contributed by atoms with Gasteiger partial charge in [-0.1, -0.05) is 13.2 Å². The molecule has 0 unspecified atom stereocenters. The fraction of sp³-hybridized carbons (Fsp3) is 0.312. The maximum absolute atomic E-state index is 12.8. The van der Waals surface area contributed by atoms with E-state index in [1.165, 1.54) is 6.08 Å². The van der Waals surface area contributed by atoms with Crippen molar-refractivity contribution in [2.45, 2.75) is 64.9 Å². The van der Waals surface area contributed by atoms with E-state index < -0.39 is 11.9 Å². The molecule has 0 radical (unpaired) electrons. The van der Waals surface area contributed by atoms with Gasteiger partial charge in [0, 0.05) is 17.7 Å². The molecule has 61 heavy (non-hydrogen) atoms. The number of carbonyl (C=O) groups excluding carboxylic acids is 3. The molecule has 0 saturated heterocycles. The second-order valence-corrected chi connectivity index (χ2v) is 13.6. The van der Waals surface area contributed by atoms with Crippen molar-refractivity contribution in [2.75, 3.05) is 33.2 Å². The third-order valence-electron chi connectivity index (χ3n) is 8.93. The Morgan fingerprint density at radius 1 is 0.574 bits per heavy atom. The number of esters is 3. The van der Waals surface area contributed by atoms with Crippen LogP contribution in [0.15, 0.2) is 120 Å². The summed E-state index contributed by atoms with van der Waals surface area (Å²) in [5, 5.41) is 18.1. The van der Waals surface area contributed by atoms with Gasteiger partial charge >= 0.3 is 17.9 Å². The van der Waals surface area contributed by atoms with Crippen molar-refractivity contribution in [3.05, 3.63) is 138 Å². The summed E-state index contributed by atoms with van der Waals surface area (Å²) in [6.07, 6.45) is 12.5. The number of carbonyl (C=O) groups is 3. The molecule has 0 aliphatic heterocycles. The molecular weight excluding hydrogens is 781 g/mol. The molecule has 322 valence electrons. The third kappa shape index (κ3) is 18.0. The number of nitrogens with zero attached hydrogens (tertiary/aromatic N) is 2. The molecule has 0 spiro atoms. The van der Waals surface area contributed by atoms with Gasteiger partial charge in [-0.2, -0.15) is 10.2 Å². The summed E-state index contributed by atoms with van der Waals surface area (Å²) in [5.41, 5.74) is 3.31. The molecule has 0 saturated carbocycles. The number of ether oxygens (including phenoxy) is 7. The molecule has 1 N–H and O–H groups in total. The van der Waals surface area contributed by atoms with Crippen LogP contribution in [0.1, 0.15) is 84.0 Å². The van der Waals surface area contributed by atoms with Crippen LogP contribution in [0.5, 0.6) is 28.7 Å². The summed E-state index contributed by atoms with van der Waals surface area (Å²) in [6.45, 7) is 10.3. The Morgan fingerprint density at radius 3 is 1.61 bits per heavy atom. The van der Waals surface area contributed by atoms with Crippen LogP contribution in [0.4, 0.5) is 0 Å². The lowest BCUT2D eigenvalue weighted by Crippen LogP contribution is -2.10. The van der Waals surface area contributed by atoms with E-state index in [-0.39, 0.29) is 24.9 Å². The van der Waals surface area contributed by atoms with Gasteiger partial charge in [-0.3, -0.25) is 0 Å². The van der Waals surface area contributed by atoms with Gasteiger partial charge in [0.15, 0.2) is 0 Å². The Hall–Kier alpha value is -6.73. The molecule has 13 nitrogen and oxygen atoms in total. The number of benzene rings is 4. The first kappa shape index (κ1) is 47.0. The van der Waals surface area contributed by atoms with Crippen LogP contribution < -0.4 is 23.7 Å². The van der Waals surface area contributed by atoms with Crippen LogP contribution in [0, 0.1) is 6.92 Å². The van der Waals surface area contributed by atoms with Crippen molar-refractivity contribution in [2.24, 2.45) is 10.2 Å². The highest BCUT2D eigenvalue weighted by Gasteiger charge is 2.13. The molecule has 0 aliphatic rings. The van der Waals surface area contributed by atoms with E-state index in [1.807, 2.05) is 49.4 Å². The van der Waals surface area contributed by atoms with E-state index in [4.69, 9.17) is 33.2 Å². The first-order valence-corrected chi connectivity index (χ1v) is 20.2. The summed E-state index contributed by atoms with van der Waals surface area (Å²) < 4.78 is 38.8. The smallest absolute Gasteiger partial charge is 0.343 e. The number of hydrogen-bond donors (Lipinski definition) is 1. The average molecular weight is 835 g/mol. The van der Waals surface area contributed by atoms with E-state index in [0.29, 0.717) is 55.0 Å². The van der Waals surface area contributed by atoms with E-state index in [0.717, 1.165) is 79.9 Å². The van der Waals surface area contributed by atoms with Gasteiger partial charge in [-0.25, -0.2) is 14.4 Å². The molecular formula is C48H54N2O11. The second-order valence-electron chi connectivity index (χ2n) is 13.6. The minimum Gasteiger partial charge on any atom is -0.493 e. The Balaban J connectivity index is 1.11. The van der Waals surface area contributed by atoms with Gasteiger partial charge in [-0.15, -0.1) is 0 Å². The average Bonchev–Trinajstić information content (AvgIpc) is 3.28. The van der Waals surface area contributed by atoms with Gasteiger partial charge < -0.3 is 38.3 Å². The minimum atomic E-state index is -0.567. The molecule has 0 aromatic heterocycles. The maximum atomic E-state index is 12.8. The Bertz CT molecular complexity index is 2060. The van der Waals surface area contributed by atoms with Crippen molar-refractivity contribution < 1.29 is 52.6 Å². The van der Waals surface area contributed by atoms with E-state index in [2.05, 4.69) is 23.4 Å². The summed E-state index contributed by atoms with van der Waals surface area (Å²) in [7, 11) is 0. The van der Waals surface area contributed by atoms with Gasteiger partial charge in [-0.05, 0) is 160 Å². The highest BCUT2D eigenvalue weighted by molar-refractivity contribution is 5.91. The number of rotatable bonds is 28. The zero-order valence-electron chi connectivity index (χ0n) is 34.6. The Labute approximate surface area is 357 Å².